The molecule has 0 atom stereocenters. The average Bonchev–Trinajstić information content (AvgIpc) is 2.54. The van der Waals surface area contributed by atoms with E-state index >= 15 is 0 Å². The number of carbonyl (C=O) groups excluding carboxylic acids is 1. The molecular formula is C19H24N2O. The fourth-order valence-electron chi connectivity index (χ4n) is 2.21. The number of amides is 2. The Morgan fingerprint density at radius 3 is 1.77 bits per heavy atom. The Balaban J connectivity index is 2.07. The second-order valence-electron chi connectivity index (χ2n) is 5.91. The zero-order valence-electron chi connectivity index (χ0n) is 13.3. The quantitative estimate of drug-likeness (QED) is 0.856. The van der Waals surface area contributed by atoms with Crippen molar-refractivity contribution < 1.29 is 4.79 Å². The van der Waals surface area contributed by atoms with Gasteiger partial charge < -0.3 is 10.2 Å². The molecule has 0 unspecified atom stereocenters. The number of carbonyl (C=O) groups is 1. The summed E-state index contributed by atoms with van der Waals surface area (Å²) in [5.74, 6) is 0.444. The highest BCUT2D eigenvalue weighted by molar-refractivity contribution is 5.74. The van der Waals surface area contributed by atoms with Gasteiger partial charge in [0.05, 0.1) is 0 Å². The van der Waals surface area contributed by atoms with Crippen LogP contribution < -0.4 is 5.32 Å². The van der Waals surface area contributed by atoms with Crippen molar-refractivity contribution in [3.63, 3.8) is 0 Å². The van der Waals surface area contributed by atoms with E-state index in [0.717, 1.165) is 11.1 Å². The van der Waals surface area contributed by atoms with E-state index in [-0.39, 0.29) is 6.03 Å². The Morgan fingerprint density at radius 1 is 0.909 bits per heavy atom. The lowest BCUT2D eigenvalue weighted by atomic mass is 10.1. The normalized spacial score (nSPS) is 10.5. The van der Waals surface area contributed by atoms with Gasteiger partial charge in [0.15, 0.2) is 0 Å². The van der Waals surface area contributed by atoms with E-state index in [1.807, 2.05) is 65.6 Å². The summed E-state index contributed by atoms with van der Waals surface area (Å²) >= 11 is 0. The van der Waals surface area contributed by atoms with Gasteiger partial charge in [-0.3, -0.25) is 0 Å². The third-order valence-electron chi connectivity index (χ3n) is 3.38. The van der Waals surface area contributed by atoms with Crippen LogP contribution in [0.1, 0.15) is 25.0 Å². The number of hydrogen-bond acceptors (Lipinski definition) is 1. The van der Waals surface area contributed by atoms with Gasteiger partial charge in [0.1, 0.15) is 0 Å². The summed E-state index contributed by atoms with van der Waals surface area (Å²) in [5.41, 5.74) is 2.27. The van der Waals surface area contributed by atoms with Crippen LogP contribution in [-0.2, 0) is 13.1 Å². The number of benzene rings is 2. The SMILES string of the molecule is CC(C)CNC(=O)N(Cc1ccccc1)Cc1ccccc1. The molecule has 3 heteroatoms. The Labute approximate surface area is 133 Å². The summed E-state index contributed by atoms with van der Waals surface area (Å²) in [5, 5.41) is 3.01. The van der Waals surface area contributed by atoms with E-state index in [1.165, 1.54) is 0 Å². The first-order valence-electron chi connectivity index (χ1n) is 7.76. The molecule has 22 heavy (non-hydrogen) atoms. The molecule has 0 aliphatic heterocycles. The predicted molar refractivity (Wildman–Crippen MR) is 90.4 cm³/mol. The van der Waals surface area contributed by atoms with Crippen LogP contribution in [0.4, 0.5) is 4.79 Å². The highest BCUT2D eigenvalue weighted by atomic mass is 16.2. The van der Waals surface area contributed by atoms with Gasteiger partial charge in [-0.25, -0.2) is 4.79 Å². The van der Waals surface area contributed by atoms with Crippen LogP contribution in [0.25, 0.3) is 0 Å². The van der Waals surface area contributed by atoms with Crippen molar-refractivity contribution in [2.24, 2.45) is 5.92 Å². The third kappa shape index (κ3) is 5.24. The van der Waals surface area contributed by atoms with Gasteiger partial charge >= 0.3 is 6.03 Å². The van der Waals surface area contributed by atoms with Gasteiger partial charge in [-0.2, -0.15) is 0 Å². The molecule has 2 aromatic rings. The highest BCUT2D eigenvalue weighted by Crippen LogP contribution is 2.10. The smallest absolute Gasteiger partial charge is 0.318 e. The van der Waals surface area contributed by atoms with Gasteiger partial charge in [0, 0.05) is 19.6 Å². The standard InChI is InChI=1S/C19H24N2O/c1-16(2)13-20-19(22)21(14-17-9-5-3-6-10-17)15-18-11-7-4-8-12-18/h3-12,16H,13-15H2,1-2H3,(H,20,22). The monoisotopic (exact) mass is 296 g/mol. The van der Waals surface area contributed by atoms with Crippen molar-refractivity contribution in [3.05, 3.63) is 71.8 Å². The Kier molecular flexibility index (Phi) is 6.01. The molecule has 0 bridgehead atoms. The van der Waals surface area contributed by atoms with Gasteiger partial charge in [-0.1, -0.05) is 74.5 Å². The van der Waals surface area contributed by atoms with E-state index in [4.69, 9.17) is 0 Å². The zero-order chi connectivity index (χ0) is 15.8. The van der Waals surface area contributed by atoms with Crippen LogP contribution in [0.15, 0.2) is 60.7 Å². The van der Waals surface area contributed by atoms with Crippen LogP contribution in [-0.4, -0.2) is 17.5 Å². The molecular weight excluding hydrogens is 272 g/mol. The zero-order valence-corrected chi connectivity index (χ0v) is 13.3. The van der Waals surface area contributed by atoms with Crippen LogP contribution in [0.2, 0.25) is 0 Å². The Hall–Kier alpha value is -2.29. The van der Waals surface area contributed by atoms with Crippen molar-refractivity contribution in [3.8, 4) is 0 Å². The van der Waals surface area contributed by atoms with E-state index in [1.54, 1.807) is 0 Å². The molecule has 0 aliphatic rings. The van der Waals surface area contributed by atoms with E-state index in [0.29, 0.717) is 25.6 Å². The molecule has 1 N–H and O–H groups in total. The van der Waals surface area contributed by atoms with Gasteiger partial charge in [-0.05, 0) is 17.0 Å². The topological polar surface area (TPSA) is 32.3 Å². The second-order valence-corrected chi connectivity index (χ2v) is 5.91. The maximum absolute atomic E-state index is 12.5. The van der Waals surface area contributed by atoms with E-state index in [9.17, 15) is 4.79 Å². The lowest BCUT2D eigenvalue weighted by Gasteiger charge is -2.24. The van der Waals surface area contributed by atoms with Crippen LogP contribution in [0, 0.1) is 5.92 Å². The summed E-state index contributed by atoms with van der Waals surface area (Å²) in [6.45, 7) is 6.11. The third-order valence-corrected chi connectivity index (χ3v) is 3.38. The number of rotatable bonds is 6. The largest absolute Gasteiger partial charge is 0.338 e. The van der Waals surface area contributed by atoms with Crippen molar-refractivity contribution in [1.29, 1.82) is 0 Å². The van der Waals surface area contributed by atoms with Crippen LogP contribution >= 0.6 is 0 Å². The maximum atomic E-state index is 12.5. The van der Waals surface area contributed by atoms with Crippen molar-refractivity contribution in [2.75, 3.05) is 6.54 Å². The summed E-state index contributed by atoms with van der Waals surface area (Å²) in [6, 6.07) is 20.2. The molecule has 0 saturated heterocycles. The van der Waals surface area contributed by atoms with Crippen molar-refractivity contribution in [1.82, 2.24) is 10.2 Å². The maximum Gasteiger partial charge on any atom is 0.318 e. The number of nitrogens with zero attached hydrogens (tertiary/aromatic N) is 1. The molecule has 2 rings (SSSR count). The number of hydrogen-bond donors (Lipinski definition) is 1. The first-order valence-corrected chi connectivity index (χ1v) is 7.76. The minimum Gasteiger partial charge on any atom is -0.338 e. The first kappa shape index (κ1) is 16.1. The fourth-order valence-corrected chi connectivity index (χ4v) is 2.21. The van der Waals surface area contributed by atoms with Crippen LogP contribution in [0.3, 0.4) is 0 Å². The molecule has 0 fully saturated rings. The molecule has 0 heterocycles. The molecule has 116 valence electrons. The van der Waals surface area contributed by atoms with E-state index in [2.05, 4.69) is 19.2 Å². The van der Waals surface area contributed by atoms with Crippen LogP contribution in [0.5, 0.6) is 0 Å². The number of nitrogens with one attached hydrogen (secondary N) is 1. The lowest BCUT2D eigenvalue weighted by Crippen LogP contribution is -2.40. The average molecular weight is 296 g/mol. The lowest BCUT2D eigenvalue weighted by molar-refractivity contribution is 0.191. The number of urea groups is 1. The van der Waals surface area contributed by atoms with Gasteiger partial charge in [0.25, 0.3) is 0 Å². The molecule has 2 aromatic carbocycles. The molecule has 3 nitrogen and oxygen atoms in total. The first-order chi connectivity index (χ1) is 10.6. The summed E-state index contributed by atoms with van der Waals surface area (Å²) in [7, 11) is 0. The molecule has 0 aromatic heterocycles. The molecule has 0 saturated carbocycles. The molecule has 0 spiro atoms. The highest BCUT2D eigenvalue weighted by Gasteiger charge is 2.14. The molecule has 0 aliphatic carbocycles. The van der Waals surface area contributed by atoms with Crippen molar-refractivity contribution in [2.45, 2.75) is 26.9 Å². The Morgan fingerprint density at radius 2 is 1.36 bits per heavy atom. The summed E-state index contributed by atoms with van der Waals surface area (Å²) < 4.78 is 0. The minimum atomic E-state index is -0.0126. The second kappa shape index (κ2) is 8.23. The Bertz CT molecular complexity index is 525. The minimum absolute atomic E-state index is 0.0126. The van der Waals surface area contributed by atoms with Crippen molar-refractivity contribution >= 4 is 6.03 Å². The summed E-state index contributed by atoms with van der Waals surface area (Å²) in [6.07, 6.45) is 0. The molecule has 2 amide bonds. The van der Waals surface area contributed by atoms with Gasteiger partial charge in [-0.15, -0.1) is 0 Å². The summed E-state index contributed by atoms with van der Waals surface area (Å²) in [4.78, 5) is 14.3. The van der Waals surface area contributed by atoms with Gasteiger partial charge in [0.2, 0.25) is 0 Å². The van der Waals surface area contributed by atoms with E-state index < -0.39 is 0 Å². The predicted octanol–water partition coefficient (Wildman–Crippen LogP) is 4.05. The molecule has 0 radical (unpaired) electrons. The fraction of sp³-hybridized carbons (Fsp3) is 0.316.